The molecule has 1 aromatic carbocycles. The number of benzene rings is 1. The fraction of sp³-hybridized carbons (Fsp3) is 0.176. The van der Waals surface area contributed by atoms with Crippen LogP contribution < -0.4 is 11.1 Å². The van der Waals surface area contributed by atoms with Crippen molar-refractivity contribution in [2.45, 2.75) is 19.3 Å². The standard InChI is InChI=1S/C17H13F2N3OS/c18-9-4-5-13(11(19)7-9)21-16(23)15-14(20)10-6-8-2-1-3-12(8)22-17(10)24-15/h4-7H,1-3,20H2,(H,21,23). The molecular weight excluding hydrogens is 332 g/mol. The Morgan fingerprint density at radius 2 is 2.08 bits per heavy atom. The topological polar surface area (TPSA) is 68.0 Å². The lowest BCUT2D eigenvalue weighted by molar-refractivity contribution is 0.103. The summed E-state index contributed by atoms with van der Waals surface area (Å²) in [5.41, 5.74) is 8.59. The zero-order chi connectivity index (χ0) is 16.8. The van der Waals surface area contributed by atoms with Crippen LogP contribution in [0.1, 0.15) is 27.3 Å². The smallest absolute Gasteiger partial charge is 0.268 e. The molecule has 0 aliphatic heterocycles. The van der Waals surface area contributed by atoms with E-state index in [0.717, 1.165) is 42.5 Å². The second kappa shape index (κ2) is 5.52. The summed E-state index contributed by atoms with van der Waals surface area (Å²) in [6, 6.07) is 4.97. The van der Waals surface area contributed by atoms with E-state index < -0.39 is 17.5 Å². The number of anilines is 2. The van der Waals surface area contributed by atoms with Gasteiger partial charge in [0.2, 0.25) is 0 Å². The molecule has 0 saturated carbocycles. The zero-order valence-corrected chi connectivity index (χ0v) is 13.3. The monoisotopic (exact) mass is 345 g/mol. The van der Waals surface area contributed by atoms with Crippen molar-refractivity contribution >= 4 is 38.8 Å². The van der Waals surface area contributed by atoms with Gasteiger partial charge in [0.15, 0.2) is 0 Å². The molecule has 2 aromatic heterocycles. The molecule has 0 bridgehead atoms. The first-order valence-electron chi connectivity index (χ1n) is 7.50. The van der Waals surface area contributed by atoms with Gasteiger partial charge in [0.25, 0.3) is 5.91 Å². The van der Waals surface area contributed by atoms with Crippen LogP contribution in [0.4, 0.5) is 20.2 Å². The molecular formula is C17H13F2N3OS. The van der Waals surface area contributed by atoms with Crippen LogP contribution in [-0.4, -0.2) is 10.9 Å². The summed E-state index contributed by atoms with van der Waals surface area (Å²) >= 11 is 1.18. The van der Waals surface area contributed by atoms with Crippen LogP contribution in [0.5, 0.6) is 0 Å². The van der Waals surface area contributed by atoms with Gasteiger partial charge in [0.05, 0.1) is 11.4 Å². The molecule has 1 aliphatic rings. The SMILES string of the molecule is Nc1c(C(=O)Nc2ccc(F)cc2F)sc2nc3c(cc12)CCC3. The Balaban J connectivity index is 1.70. The summed E-state index contributed by atoms with van der Waals surface area (Å²) in [5, 5.41) is 3.19. The van der Waals surface area contributed by atoms with Gasteiger partial charge in [-0.25, -0.2) is 13.8 Å². The number of amides is 1. The normalized spacial score (nSPS) is 13.2. The Morgan fingerprint density at radius 1 is 1.25 bits per heavy atom. The van der Waals surface area contributed by atoms with E-state index in [2.05, 4.69) is 10.3 Å². The minimum atomic E-state index is -0.833. The summed E-state index contributed by atoms with van der Waals surface area (Å²) in [7, 11) is 0. The number of hydrogen-bond acceptors (Lipinski definition) is 4. The van der Waals surface area contributed by atoms with E-state index in [1.165, 1.54) is 23.0 Å². The Bertz CT molecular complexity index is 984. The molecule has 4 nitrogen and oxygen atoms in total. The molecule has 0 fully saturated rings. The van der Waals surface area contributed by atoms with Crippen molar-refractivity contribution in [2.24, 2.45) is 0 Å². The van der Waals surface area contributed by atoms with Gasteiger partial charge in [0.1, 0.15) is 21.3 Å². The Hall–Kier alpha value is -2.54. The zero-order valence-electron chi connectivity index (χ0n) is 12.5. The molecule has 1 aliphatic carbocycles. The number of fused-ring (bicyclic) bond motifs is 2. The summed E-state index contributed by atoms with van der Waals surface area (Å²) in [6.45, 7) is 0. The first-order valence-corrected chi connectivity index (χ1v) is 8.32. The van der Waals surface area contributed by atoms with E-state index in [1.807, 2.05) is 6.07 Å². The number of halogens is 2. The second-order valence-corrected chi connectivity index (χ2v) is 6.72. The Kier molecular flexibility index (Phi) is 3.45. The molecule has 1 amide bonds. The molecule has 4 rings (SSSR count). The molecule has 0 radical (unpaired) electrons. The third-order valence-corrected chi connectivity index (χ3v) is 5.25. The van der Waals surface area contributed by atoms with Crippen LogP contribution in [0.3, 0.4) is 0 Å². The lowest BCUT2D eigenvalue weighted by Crippen LogP contribution is -2.13. The molecule has 0 atom stereocenters. The first kappa shape index (κ1) is 15.0. The molecule has 2 heterocycles. The largest absolute Gasteiger partial charge is 0.397 e. The van der Waals surface area contributed by atoms with Crippen molar-refractivity contribution in [3.8, 4) is 0 Å². The minimum Gasteiger partial charge on any atom is -0.397 e. The number of nitrogens with zero attached hydrogens (tertiary/aromatic N) is 1. The van der Waals surface area contributed by atoms with Crippen molar-refractivity contribution in [3.63, 3.8) is 0 Å². The van der Waals surface area contributed by atoms with Gasteiger partial charge in [0, 0.05) is 17.1 Å². The van der Waals surface area contributed by atoms with Crippen molar-refractivity contribution in [2.75, 3.05) is 11.1 Å². The molecule has 7 heteroatoms. The van der Waals surface area contributed by atoms with Gasteiger partial charge in [-0.05, 0) is 43.0 Å². The highest BCUT2D eigenvalue weighted by molar-refractivity contribution is 7.21. The third kappa shape index (κ3) is 2.41. The van der Waals surface area contributed by atoms with Crippen molar-refractivity contribution in [1.29, 1.82) is 0 Å². The number of hydrogen-bond donors (Lipinski definition) is 2. The number of aromatic nitrogens is 1. The van der Waals surface area contributed by atoms with Crippen LogP contribution in [-0.2, 0) is 12.8 Å². The highest BCUT2D eigenvalue weighted by atomic mass is 32.1. The fourth-order valence-corrected chi connectivity index (χ4v) is 3.93. The number of thiophene rings is 1. The minimum absolute atomic E-state index is 0.0892. The molecule has 3 aromatic rings. The predicted octanol–water partition coefficient (Wildman–Crippen LogP) is 3.90. The maximum absolute atomic E-state index is 13.7. The van der Waals surface area contributed by atoms with E-state index in [-0.39, 0.29) is 10.6 Å². The maximum Gasteiger partial charge on any atom is 0.268 e. The summed E-state index contributed by atoms with van der Waals surface area (Å²) in [4.78, 5) is 18.0. The molecule has 3 N–H and O–H groups in total. The number of carbonyl (C=O) groups excluding carboxylic acids is 1. The lowest BCUT2D eigenvalue weighted by Gasteiger charge is -2.05. The number of carbonyl (C=O) groups is 1. The fourth-order valence-electron chi connectivity index (χ4n) is 2.94. The highest BCUT2D eigenvalue weighted by Crippen LogP contribution is 2.36. The number of nitrogens with one attached hydrogen (secondary N) is 1. The highest BCUT2D eigenvalue weighted by Gasteiger charge is 2.21. The van der Waals surface area contributed by atoms with Gasteiger partial charge < -0.3 is 11.1 Å². The third-order valence-electron chi connectivity index (χ3n) is 4.13. The van der Waals surface area contributed by atoms with Crippen LogP contribution in [0.2, 0.25) is 0 Å². The van der Waals surface area contributed by atoms with Crippen LogP contribution >= 0.6 is 11.3 Å². The van der Waals surface area contributed by atoms with Gasteiger partial charge in [-0.1, -0.05) is 0 Å². The van der Waals surface area contributed by atoms with Gasteiger partial charge in [-0.2, -0.15) is 0 Å². The van der Waals surface area contributed by atoms with Crippen LogP contribution in [0.25, 0.3) is 10.2 Å². The average Bonchev–Trinajstić information content (AvgIpc) is 3.12. The predicted molar refractivity (Wildman–Crippen MR) is 90.4 cm³/mol. The molecule has 122 valence electrons. The summed E-state index contributed by atoms with van der Waals surface area (Å²) < 4.78 is 26.6. The van der Waals surface area contributed by atoms with E-state index in [1.54, 1.807) is 0 Å². The second-order valence-electron chi connectivity index (χ2n) is 5.72. The van der Waals surface area contributed by atoms with E-state index in [9.17, 15) is 13.6 Å². The molecule has 0 unspecified atom stereocenters. The Labute approximate surface area is 140 Å². The number of aryl methyl sites for hydroxylation is 2. The summed E-state index contributed by atoms with van der Waals surface area (Å²) in [5.74, 6) is -2.06. The number of pyridine rings is 1. The van der Waals surface area contributed by atoms with Gasteiger partial charge >= 0.3 is 0 Å². The molecule has 24 heavy (non-hydrogen) atoms. The lowest BCUT2D eigenvalue weighted by atomic mass is 10.1. The van der Waals surface area contributed by atoms with Crippen molar-refractivity contribution in [1.82, 2.24) is 4.98 Å². The van der Waals surface area contributed by atoms with E-state index in [0.29, 0.717) is 10.5 Å². The number of rotatable bonds is 2. The Morgan fingerprint density at radius 3 is 2.88 bits per heavy atom. The van der Waals surface area contributed by atoms with E-state index >= 15 is 0 Å². The average molecular weight is 345 g/mol. The quantitative estimate of drug-likeness (QED) is 0.740. The summed E-state index contributed by atoms with van der Waals surface area (Å²) in [6.07, 6.45) is 2.98. The molecule has 0 saturated heterocycles. The van der Waals surface area contributed by atoms with Gasteiger partial charge in [-0.3, -0.25) is 4.79 Å². The molecule has 0 spiro atoms. The van der Waals surface area contributed by atoms with E-state index in [4.69, 9.17) is 5.73 Å². The van der Waals surface area contributed by atoms with Crippen molar-refractivity contribution in [3.05, 3.63) is 52.0 Å². The maximum atomic E-state index is 13.7. The van der Waals surface area contributed by atoms with Crippen LogP contribution in [0, 0.1) is 11.6 Å². The number of nitrogens with two attached hydrogens (primary N) is 1. The van der Waals surface area contributed by atoms with Gasteiger partial charge in [-0.15, -0.1) is 11.3 Å². The van der Waals surface area contributed by atoms with Crippen LogP contribution in [0.15, 0.2) is 24.3 Å². The number of nitrogen functional groups attached to an aromatic ring is 1. The van der Waals surface area contributed by atoms with Crippen molar-refractivity contribution < 1.29 is 13.6 Å². The first-order chi connectivity index (χ1) is 11.5.